The number of ether oxygens (including phenoxy) is 3. The highest BCUT2D eigenvalue weighted by Crippen LogP contribution is 2.11. The predicted molar refractivity (Wildman–Crippen MR) is 113 cm³/mol. The van der Waals surface area contributed by atoms with Gasteiger partial charge >= 0.3 is 5.97 Å². The van der Waals surface area contributed by atoms with Crippen LogP contribution in [-0.2, 0) is 19.0 Å². The lowest BCUT2D eigenvalue weighted by Crippen LogP contribution is -2.27. The van der Waals surface area contributed by atoms with Crippen LogP contribution >= 0.6 is 0 Å². The van der Waals surface area contributed by atoms with E-state index in [4.69, 9.17) is 14.2 Å². The number of allylic oxidation sites excluding steroid dienone is 2. The molecule has 0 aromatic heterocycles. The molecule has 0 aliphatic carbocycles. The van der Waals surface area contributed by atoms with Crippen LogP contribution in [0.1, 0.15) is 96.8 Å². The maximum atomic E-state index is 11.8. The molecule has 4 heteroatoms. The van der Waals surface area contributed by atoms with Gasteiger partial charge in [-0.1, -0.05) is 70.4 Å². The Balaban J connectivity index is 3.37. The zero-order chi connectivity index (χ0) is 20.0. The topological polar surface area (TPSA) is 44.8 Å². The smallest absolute Gasteiger partial charge is 0.306 e. The van der Waals surface area contributed by atoms with Crippen LogP contribution in [0.15, 0.2) is 12.2 Å². The summed E-state index contributed by atoms with van der Waals surface area (Å²) in [4.78, 5) is 11.8. The van der Waals surface area contributed by atoms with Crippen molar-refractivity contribution in [3.63, 3.8) is 0 Å². The van der Waals surface area contributed by atoms with Gasteiger partial charge in [0, 0.05) is 20.6 Å². The second-order valence-corrected chi connectivity index (χ2v) is 7.36. The standard InChI is InChI=1S/C23H44O4/c1-4-5-6-7-8-9-10-11-12-13-14-15-16-17-18-19-23(24)27-22(20-25-2)21-26-3/h9-10,22H,4-8,11-21H2,1-3H3/b10-9-. The van der Waals surface area contributed by atoms with Gasteiger partial charge in [0.25, 0.3) is 0 Å². The van der Waals surface area contributed by atoms with E-state index in [0.717, 1.165) is 12.8 Å². The van der Waals surface area contributed by atoms with Crippen LogP contribution in [0.5, 0.6) is 0 Å². The molecule has 0 aliphatic rings. The van der Waals surface area contributed by atoms with E-state index in [0.29, 0.717) is 19.6 Å². The summed E-state index contributed by atoms with van der Waals surface area (Å²) in [6, 6.07) is 0. The third-order valence-electron chi connectivity index (χ3n) is 4.65. The fraction of sp³-hybridized carbons (Fsp3) is 0.870. The first-order valence-corrected chi connectivity index (χ1v) is 11.1. The molecule has 0 aromatic carbocycles. The van der Waals surface area contributed by atoms with Gasteiger partial charge in [0.05, 0.1) is 13.2 Å². The SMILES string of the molecule is CCCCCC/C=C\CCCCCCCCCC(=O)OC(COC)COC. The van der Waals surface area contributed by atoms with Gasteiger partial charge in [-0.05, 0) is 32.1 Å². The molecule has 160 valence electrons. The monoisotopic (exact) mass is 384 g/mol. The number of carbonyl (C=O) groups excluding carboxylic acids is 1. The van der Waals surface area contributed by atoms with Crippen molar-refractivity contribution in [2.75, 3.05) is 27.4 Å². The van der Waals surface area contributed by atoms with Crippen LogP contribution in [0, 0.1) is 0 Å². The first-order chi connectivity index (χ1) is 13.2. The third kappa shape index (κ3) is 19.7. The zero-order valence-corrected chi connectivity index (χ0v) is 18.2. The van der Waals surface area contributed by atoms with Gasteiger partial charge in [-0.15, -0.1) is 0 Å². The summed E-state index contributed by atoms with van der Waals surface area (Å²) in [5.74, 6) is -0.143. The van der Waals surface area contributed by atoms with Crippen LogP contribution < -0.4 is 0 Å². The first-order valence-electron chi connectivity index (χ1n) is 11.1. The Labute approximate surface area is 168 Å². The molecule has 27 heavy (non-hydrogen) atoms. The van der Waals surface area contributed by atoms with E-state index < -0.39 is 0 Å². The normalized spacial score (nSPS) is 11.6. The Morgan fingerprint density at radius 2 is 1.22 bits per heavy atom. The van der Waals surface area contributed by atoms with Crippen LogP contribution in [0.3, 0.4) is 0 Å². The summed E-state index contributed by atoms with van der Waals surface area (Å²) in [5, 5.41) is 0. The van der Waals surface area contributed by atoms with Gasteiger partial charge in [0.2, 0.25) is 0 Å². The molecule has 0 amide bonds. The van der Waals surface area contributed by atoms with E-state index in [1.54, 1.807) is 14.2 Å². The molecule has 0 bridgehead atoms. The maximum Gasteiger partial charge on any atom is 0.306 e. The second kappa shape index (κ2) is 21.4. The number of methoxy groups -OCH3 is 2. The summed E-state index contributed by atoms with van der Waals surface area (Å²) >= 11 is 0. The summed E-state index contributed by atoms with van der Waals surface area (Å²) < 4.78 is 15.4. The number of unbranched alkanes of at least 4 members (excludes halogenated alkanes) is 11. The highest BCUT2D eigenvalue weighted by molar-refractivity contribution is 5.69. The van der Waals surface area contributed by atoms with Gasteiger partial charge < -0.3 is 14.2 Å². The number of hydrogen-bond donors (Lipinski definition) is 0. The highest BCUT2D eigenvalue weighted by atomic mass is 16.6. The lowest BCUT2D eigenvalue weighted by Gasteiger charge is -2.16. The Hall–Kier alpha value is -0.870. The van der Waals surface area contributed by atoms with E-state index in [1.165, 1.54) is 70.6 Å². The molecule has 0 rings (SSSR count). The van der Waals surface area contributed by atoms with E-state index in [1.807, 2.05) is 0 Å². The maximum absolute atomic E-state index is 11.8. The Bertz CT molecular complexity index is 335. The largest absolute Gasteiger partial charge is 0.457 e. The lowest BCUT2D eigenvalue weighted by molar-refractivity contribution is -0.154. The number of carbonyl (C=O) groups is 1. The van der Waals surface area contributed by atoms with E-state index >= 15 is 0 Å². The van der Waals surface area contributed by atoms with Crippen molar-refractivity contribution in [2.24, 2.45) is 0 Å². The Morgan fingerprint density at radius 3 is 1.74 bits per heavy atom. The second-order valence-electron chi connectivity index (χ2n) is 7.36. The first kappa shape index (κ1) is 26.1. The molecule has 0 N–H and O–H groups in total. The molecule has 0 saturated carbocycles. The molecule has 0 saturated heterocycles. The van der Waals surface area contributed by atoms with Gasteiger partial charge in [0.15, 0.2) is 0 Å². The van der Waals surface area contributed by atoms with E-state index in [-0.39, 0.29) is 12.1 Å². The highest BCUT2D eigenvalue weighted by Gasteiger charge is 2.13. The van der Waals surface area contributed by atoms with E-state index in [9.17, 15) is 4.79 Å². The van der Waals surface area contributed by atoms with Crippen molar-refractivity contribution in [3.8, 4) is 0 Å². The minimum atomic E-state index is -0.294. The predicted octanol–water partition coefficient (Wildman–Crippen LogP) is 6.23. The third-order valence-corrected chi connectivity index (χ3v) is 4.65. The summed E-state index contributed by atoms with van der Waals surface area (Å²) in [6.07, 6.45) is 21.2. The number of rotatable bonds is 20. The van der Waals surface area contributed by atoms with Crippen molar-refractivity contribution in [3.05, 3.63) is 12.2 Å². The lowest BCUT2D eigenvalue weighted by atomic mass is 10.1. The fourth-order valence-electron chi connectivity index (χ4n) is 3.07. The van der Waals surface area contributed by atoms with Crippen molar-refractivity contribution in [1.82, 2.24) is 0 Å². The quantitative estimate of drug-likeness (QED) is 0.142. The molecule has 0 aromatic rings. The molecule has 0 radical (unpaired) electrons. The van der Waals surface area contributed by atoms with Gasteiger partial charge in [-0.2, -0.15) is 0 Å². The number of esters is 1. The molecule has 0 fully saturated rings. The van der Waals surface area contributed by atoms with Crippen LogP contribution in [0.2, 0.25) is 0 Å². The van der Waals surface area contributed by atoms with Crippen molar-refractivity contribution < 1.29 is 19.0 Å². The van der Waals surface area contributed by atoms with Crippen molar-refractivity contribution in [1.29, 1.82) is 0 Å². The number of hydrogen-bond acceptors (Lipinski definition) is 4. The van der Waals surface area contributed by atoms with Crippen LogP contribution in [0.4, 0.5) is 0 Å². The molecule has 0 spiro atoms. The Kier molecular flexibility index (Phi) is 20.7. The van der Waals surface area contributed by atoms with Gasteiger partial charge in [-0.25, -0.2) is 0 Å². The molecule has 0 aliphatic heterocycles. The summed E-state index contributed by atoms with van der Waals surface area (Å²) in [7, 11) is 3.20. The summed E-state index contributed by atoms with van der Waals surface area (Å²) in [5.41, 5.74) is 0. The minimum Gasteiger partial charge on any atom is -0.457 e. The molecule has 0 unspecified atom stereocenters. The minimum absolute atomic E-state index is 0.143. The molecular weight excluding hydrogens is 340 g/mol. The average molecular weight is 385 g/mol. The fourth-order valence-corrected chi connectivity index (χ4v) is 3.07. The van der Waals surface area contributed by atoms with Gasteiger partial charge in [-0.3, -0.25) is 4.79 Å². The van der Waals surface area contributed by atoms with Crippen LogP contribution in [-0.4, -0.2) is 39.5 Å². The Morgan fingerprint density at radius 1 is 0.741 bits per heavy atom. The summed E-state index contributed by atoms with van der Waals surface area (Å²) in [6.45, 7) is 3.02. The molecular formula is C23H44O4. The van der Waals surface area contributed by atoms with Gasteiger partial charge in [0.1, 0.15) is 6.10 Å². The molecule has 4 nitrogen and oxygen atoms in total. The van der Waals surface area contributed by atoms with Crippen molar-refractivity contribution in [2.45, 2.75) is 103 Å². The average Bonchev–Trinajstić information content (AvgIpc) is 2.65. The van der Waals surface area contributed by atoms with Crippen LogP contribution in [0.25, 0.3) is 0 Å². The molecule has 0 atom stereocenters. The van der Waals surface area contributed by atoms with Crippen molar-refractivity contribution >= 4 is 5.97 Å². The zero-order valence-electron chi connectivity index (χ0n) is 18.2. The van der Waals surface area contributed by atoms with E-state index in [2.05, 4.69) is 19.1 Å². The molecule has 0 heterocycles.